The van der Waals surface area contributed by atoms with E-state index in [2.05, 4.69) is 0 Å². The molecule has 0 fully saturated rings. The molecule has 1 aliphatic rings. The Labute approximate surface area is 91.5 Å². The number of allylic oxidation sites excluding steroid dienone is 1. The summed E-state index contributed by atoms with van der Waals surface area (Å²) >= 11 is 0. The van der Waals surface area contributed by atoms with Crippen LogP contribution in [0.3, 0.4) is 0 Å². The molecule has 16 heavy (non-hydrogen) atoms. The van der Waals surface area contributed by atoms with Crippen LogP contribution < -0.4 is 0 Å². The van der Waals surface area contributed by atoms with Gasteiger partial charge >= 0.3 is 11.9 Å². The molecule has 0 spiro atoms. The molecule has 0 bridgehead atoms. The number of ether oxygens (including phenoxy) is 1. The van der Waals surface area contributed by atoms with Crippen molar-refractivity contribution in [3.05, 3.63) is 53.3 Å². The first-order chi connectivity index (χ1) is 7.66. The van der Waals surface area contributed by atoms with E-state index in [9.17, 15) is 9.59 Å². The van der Waals surface area contributed by atoms with Crippen LogP contribution >= 0.6 is 0 Å². The van der Waals surface area contributed by atoms with E-state index in [1.54, 1.807) is 6.08 Å². The van der Waals surface area contributed by atoms with Crippen molar-refractivity contribution < 1.29 is 19.4 Å². The third kappa shape index (κ3) is 2.00. The molecule has 0 atom stereocenters. The van der Waals surface area contributed by atoms with E-state index < -0.39 is 11.9 Å². The largest absolute Gasteiger partial charge is 0.477 e. The number of esters is 1. The number of carbonyl (C=O) groups is 2. The summed E-state index contributed by atoms with van der Waals surface area (Å²) in [5, 5.41) is 8.67. The molecule has 1 aromatic carbocycles. The van der Waals surface area contributed by atoms with E-state index in [0.717, 1.165) is 5.56 Å². The van der Waals surface area contributed by atoms with Crippen LogP contribution in [0.5, 0.6) is 0 Å². The number of carboxylic acids is 1. The summed E-state index contributed by atoms with van der Waals surface area (Å²) in [5.74, 6) is -1.86. The van der Waals surface area contributed by atoms with E-state index >= 15 is 0 Å². The van der Waals surface area contributed by atoms with Gasteiger partial charge in [0.05, 0.1) is 0 Å². The number of rotatable bonds is 2. The Balaban J connectivity index is 2.29. The standard InChI is InChI=1S/C12H8O4/c13-11(14)10-7-9(16-12(10)15)6-8-4-2-1-3-5-8/h1-7H,(H,13,14)/b9-6+. The van der Waals surface area contributed by atoms with Gasteiger partial charge in [-0.3, -0.25) is 0 Å². The Morgan fingerprint density at radius 3 is 2.50 bits per heavy atom. The van der Waals surface area contributed by atoms with Crippen molar-refractivity contribution in [1.82, 2.24) is 0 Å². The molecule has 0 aliphatic carbocycles. The first-order valence-electron chi connectivity index (χ1n) is 4.61. The first kappa shape index (κ1) is 10.2. The minimum absolute atomic E-state index is 0.244. The second kappa shape index (κ2) is 4.02. The van der Waals surface area contributed by atoms with E-state index in [4.69, 9.17) is 9.84 Å². The molecule has 0 unspecified atom stereocenters. The van der Waals surface area contributed by atoms with Crippen LogP contribution in [0.15, 0.2) is 47.7 Å². The molecule has 80 valence electrons. The fourth-order valence-electron chi connectivity index (χ4n) is 1.33. The zero-order valence-electron chi connectivity index (χ0n) is 8.21. The first-order valence-corrected chi connectivity index (χ1v) is 4.61. The summed E-state index contributed by atoms with van der Waals surface area (Å²) < 4.78 is 4.79. The van der Waals surface area contributed by atoms with Crippen molar-refractivity contribution in [1.29, 1.82) is 0 Å². The number of carboxylic acid groups (broad SMARTS) is 1. The number of hydrogen-bond acceptors (Lipinski definition) is 3. The molecule has 4 heteroatoms. The smallest absolute Gasteiger partial charge is 0.351 e. The van der Waals surface area contributed by atoms with Gasteiger partial charge in [-0.15, -0.1) is 0 Å². The highest BCUT2D eigenvalue weighted by Crippen LogP contribution is 2.19. The number of cyclic esters (lactones) is 1. The van der Waals surface area contributed by atoms with Crippen molar-refractivity contribution in [3.63, 3.8) is 0 Å². The van der Waals surface area contributed by atoms with Gasteiger partial charge in [-0.2, -0.15) is 0 Å². The van der Waals surface area contributed by atoms with Crippen molar-refractivity contribution in [3.8, 4) is 0 Å². The summed E-state index contributed by atoms with van der Waals surface area (Å²) in [7, 11) is 0. The minimum atomic E-state index is -1.28. The Kier molecular flexibility index (Phi) is 2.55. The van der Waals surface area contributed by atoms with E-state index in [1.165, 1.54) is 6.08 Å². The Morgan fingerprint density at radius 2 is 1.94 bits per heavy atom. The van der Waals surface area contributed by atoms with Gasteiger partial charge in [-0.1, -0.05) is 30.3 Å². The second-order valence-corrected chi connectivity index (χ2v) is 3.21. The highest BCUT2D eigenvalue weighted by Gasteiger charge is 2.26. The average molecular weight is 216 g/mol. The van der Waals surface area contributed by atoms with Gasteiger partial charge in [-0.05, 0) is 11.6 Å². The van der Waals surface area contributed by atoms with Gasteiger partial charge in [0, 0.05) is 6.08 Å². The number of hydrogen-bond donors (Lipinski definition) is 1. The summed E-state index contributed by atoms with van der Waals surface area (Å²) in [6.45, 7) is 0. The van der Waals surface area contributed by atoms with Crippen molar-refractivity contribution in [2.45, 2.75) is 0 Å². The number of aliphatic carboxylic acids is 1. The molecular formula is C12H8O4. The average Bonchev–Trinajstić information content (AvgIpc) is 2.61. The zero-order chi connectivity index (χ0) is 11.5. The highest BCUT2D eigenvalue weighted by molar-refractivity contribution is 6.15. The van der Waals surface area contributed by atoms with E-state index in [0.29, 0.717) is 0 Å². The van der Waals surface area contributed by atoms with Gasteiger partial charge in [0.1, 0.15) is 11.3 Å². The molecule has 2 rings (SSSR count). The minimum Gasteiger partial charge on any atom is -0.477 e. The van der Waals surface area contributed by atoms with Crippen molar-refractivity contribution in [2.75, 3.05) is 0 Å². The summed E-state index contributed by atoms with van der Waals surface area (Å²) in [6, 6.07) is 9.19. The molecule has 1 aliphatic heterocycles. The molecule has 0 amide bonds. The van der Waals surface area contributed by atoms with E-state index in [1.807, 2.05) is 30.3 Å². The fraction of sp³-hybridized carbons (Fsp3) is 0. The van der Waals surface area contributed by atoms with Gasteiger partial charge < -0.3 is 9.84 Å². The molecule has 0 aromatic heterocycles. The van der Waals surface area contributed by atoms with Gasteiger partial charge in [0.2, 0.25) is 0 Å². The fourth-order valence-corrected chi connectivity index (χ4v) is 1.33. The highest BCUT2D eigenvalue weighted by atomic mass is 16.5. The molecule has 1 aromatic rings. The van der Waals surface area contributed by atoms with Gasteiger partial charge in [0.25, 0.3) is 0 Å². The molecule has 1 N–H and O–H groups in total. The summed E-state index contributed by atoms with van der Waals surface area (Å²) in [6.07, 6.45) is 2.82. The lowest BCUT2D eigenvalue weighted by Gasteiger charge is -1.95. The topological polar surface area (TPSA) is 63.6 Å². The van der Waals surface area contributed by atoms with E-state index in [-0.39, 0.29) is 11.3 Å². The molecule has 0 saturated carbocycles. The quantitative estimate of drug-likeness (QED) is 0.602. The Hall–Kier alpha value is -2.36. The lowest BCUT2D eigenvalue weighted by atomic mass is 10.2. The third-order valence-corrected chi connectivity index (χ3v) is 2.06. The summed E-state index contributed by atoms with van der Waals surface area (Å²) in [4.78, 5) is 21.7. The van der Waals surface area contributed by atoms with Crippen LogP contribution in [-0.4, -0.2) is 17.0 Å². The molecular weight excluding hydrogens is 208 g/mol. The van der Waals surface area contributed by atoms with Crippen LogP contribution in [-0.2, 0) is 14.3 Å². The Morgan fingerprint density at radius 1 is 1.25 bits per heavy atom. The van der Waals surface area contributed by atoms with Gasteiger partial charge in [0.15, 0.2) is 0 Å². The molecule has 1 heterocycles. The van der Waals surface area contributed by atoms with Crippen LogP contribution in [0.1, 0.15) is 5.56 Å². The Bertz CT molecular complexity index is 497. The lowest BCUT2D eigenvalue weighted by molar-refractivity contribution is -0.139. The molecule has 4 nitrogen and oxygen atoms in total. The van der Waals surface area contributed by atoms with Gasteiger partial charge in [-0.25, -0.2) is 9.59 Å². The number of benzene rings is 1. The number of carbonyl (C=O) groups excluding carboxylic acids is 1. The zero-order valence-corrected chi connectivity index (χ0v) is 8.21. The predicted octanol–water partition coefficient (Wildman–Crippen LogP) is 1.60. The van der Waals surface area contributed by atoms with Crippen LogP contribution in [0.2, 0.25) is 0 Å². The van der Waals surface area contributed by atoms with Crippen LogP contribution in [0, 0.1) is 0 Å². The third-order valence-electron chi connectivity index (χ3n) is 2.06. The van der Waals surface area contributed by atoms with Crippen molar-refractivity contribution >= 4 is 18.0 Å². The second-order valence-electron chi connectivity index (χ2n) is 3.21. The summed E-state index contributed by atoms with van der Waals surface area (Å²) in [5.41, 5.74) is 0.496. The maximum absolute atomic E-state index is 11.1. The maximum atomic E-state index is 11.1. The molecule has 0 saturated heterocycles. The maximum Gasteiger partial charge on any atom is 0.351 e. The normalized spacial score (nSPS) is 17.1. The predicted molar refractivity (Wildman–Crippen MR) is 56.2 cm³/mol. The SMILES string of the molecule is O=C(O)C1=C/C(=C\c2ccccc2)OC1=O. The lowest BCUT2D eigenvalue weighted by Crippen LogP contribution is -2.08. The van der Waals surface area contributed by atoms with Crippen LogP contribution in [0.4, 0.5) is 0 Å². The monoisotopic (exact) mass is 216 g/mol. The van der Waals surface area contributed by atoms with Crippen molar-refractivity contribution in [2.24, 2.45) is 0 Å². The van der Waals surface area contributed by atoms with Crippen LogP contribution in [0.25, 0.3) is 6.08 Å². The molecule has 0 radical (unpaired) electrons.